The van der Waals surface area contributed by atoms with Gasteiger partial charge in [0.15, 0.2) is 0 Å². The Morgan fingerprint density at radius 3 is 2.42 bits per heavy atom. The van der Waals surface area contributed by atoms with Crippen molar-refractivity contribution in [3.05, 3.63) is 35.4 Å². The Labute approximate surface area is 115 Å². The molecule has 0 aromatic heterocycles. The SMILES string of the molecule is CCCCC(=O)N(CCC)Cc1ccc(C#N)cc1. The summed E-state index contributed by atoms with van der Waals surface area (Å²) in [5.41, 5.74) is 1.74. The van der Waals surface area contributed by atoms with Crippen LogP contribution in [0.25, 0.3) is 0 Å². The maximum absolute atomic E-state index is 12.1. The van der Waals surface area contributed by atoms with Crippen molar-refractivity contribution < 1.29 is 4.79 Å². The number of hydrogen-bond donors (Lipinski definition) is 0. The fraction of sp³-hybridized carbons (Fsp3) is 0.500. The van der Waals surface area contributed by atoms with Crippen molar-refractivity contribution in [2.45, 2.75) is 46.1 Å². The lowest BCUT2D eigenvalue weighted by atomic mass is 10.1. The van der Waals surface area contributed by atoms with Crippen LogP contribution in [0.4, 0.5) is 0 Å². The molecule has 0 fully saturated rings. The van der Waals surface area contributed by atoms with Gasteiger partial charge >= 0.3 is 0 Å². The average molecular weight is 258 g/mol. The highest BCUT2D eigenvalue weighted by Gasteiger charge is 2.12. The molecular weight excluding hydrogens is 236 g/mol. The van der Waals surface area contributed by atoms with Crippen LogP contribution < -0.4 is 0 Å². The van der Waals surface area contributed by atoms with Gasteiger partial charge in [0.05, 0.1) is 11.6 Å². The predicted octanol–water partition coefficient (Wildman–Crippen LogP) is 3.49. The number of nitrogens with zero attached hydrogens (tertiary/aromatic N) is 2. The minimum absolute atomic E-state index is 0.230. The summed E-state index contributed by atoms with van der Waals surface area (Å²) in [4.78, 5) is 14.0. The van der Waals surface area contributed by atoms with Crippen LogP contribution in [0, 0.1) is 11.3 Å². The van der Waals surface area contributed by atoms with Crippen LogP contribution in [0.5, 0.6) is 0 Å². The summed E-state index contributed by atoms with van der Waals surface area (Å²) in [6.07, 6.45) is 3.59. The van der Waals surface area contributed by atoms with Crippen molar-refractivity contribution in [2.75, 3.05) is 6.54 Å². The van der Waals surface area contributed by atoms with Crippen LogP contribution in [0.15, 0.2) is 24.3 Å². The lowest BCUT2D eigenvalue weighted by Gasteiger charge is -2.22. The van der Waals surface area contributed by atoms with E-state index in [1.165, 1.54) is 0 Å². The zero-order valence-electron chi connectivity index (χ0n) is 11.9. The van der Waals surface area contributed by atoms with Crippen molar-refractivity contribution in [3.8, 4) is 6.07 Å². The molecule has 0 bridgehead atoms. The molecule has 0 spiro atoms. The number of unbranched alkanes of at least 4 members (excludes halogenated alkanes) is 1. The summed E-state index contributed by atoms with van der Waals surface area (Å²) in [5, 5.41) is 8.77. The van der Waals surface area contributed by atoms with Crippen molar-refractivity contribution in [1.29, 1.82) is 5.26 Å². The molecule has 0 saturated heterocycles. The Bertz CT molecular complexity index is 431. The maximum Gasteiger partial charge on any atom is 0.222 e. The summed E-state index contributed by atoms with van der Waals surface area (Å²) in [7, 11) is 0. The number of carbonyl (C=O) groups is 1. The van der Waals surface area contributed by atoms with E-state index in [0.29, 0.717) is 18.5 Å². The summed E-state index contributed by atoms with van der Waals surface area (Å²) < 4.78 is 0. The molecule has 0 N–H and O–H groups in total. The highest BCUT2D eigenvalue weighted by Crippen LogP contribution is 2.10. The molecule has 0 atom stereocenters. The number of rotatable bonds is 7. The summed E-state index contributed by atoms with van der Waals surface area (Å²) in [6.45, 7) is 5.61. The Kier molecular flexibility index (Phi) is 6.67. The molecule has 19 heavy (non-hydrogen) atoms. The van der Waals surface area contributed by atoms with E-state index >= 15 is 0 Å². The van der Waals surface area contributed by atoms with E-state index in [0.717, 1.165) is 31.4 Å². The van der Waals surface area contributed by atoms with Gasteiger partial charge in [0.25, 0.3) is 0 Å². The number of hydrogen-bond acceptors (Lipinski definition) is 2. The molecule has 0 radical (unpaired) electrons. The maximum atomic E-state index is 12.1. The number of nitriles is 1. The molecule has 1 amide bonds. The van der Waals surface area contributed by atoms with Crippen molar-refractivity contribution in [1.82, 2.24) is 4.90 Å². The van der Waals surface area contributed by atoms with Gasteiger partial charge in [0.1, 0.15) is 0 Å². The van der Waals surface area contributed by atoms with Crippen LogP contribution >= 0.6 is 0 Å². The molecule has 0 heterocycles. The molecule has 1 rings (SSSR count). The Hall–Kier alpha value is -1.82. The first kappa shape index (κ1) is 15.2. The zero-order valence-corrected chi connectivity index (χ0v) is 11.9. The molecule has 1 aromatic carbocycles. The van der Waals surface area contributed by atoms with E-state index < -0.39 is 0 Å². The van der Waals surface area contributed by atoms with Crippen LogP contribution in [0.3, 0.4) is 0 Å². The van der Waals surface area contributed by atoms with Crippen LogP contribution in [-0.2, 0) is 11.3 Å². The van der Waals surface area contributed by atoms with Crippen LogP contribution in [0.2, 0.25) is 0 Å². The van der Waals surface area contributed by atoms with Gasteiger partial charge in [-0.25, -0.2) is 0 Å². The summed E-state index contributed by atoms with van der Waals surface area (Å²) >= 11 is 0. The molecule has 0 aliphatic rings. The molecule has 0 unspecified atom stereocenters. The van der Waals surface area contributed by atoms with E-state index in [2.05, 4.69) is 19.9 Å². The van der Waals surface area contributed by atoms with Crippen molar-refractivity contribution in [3.63, 3.8) is 0 Å². The van der Waals surface area contributed by atoms with E-state index in [1.54, 1.807) is 12.1 Å². The third-order valence-corrected chi connectivity index (χ3v) is 3.05. The molecule has 0 aliphatic heterocycles. The molecule has 1 aromatic rings. The minimum Gasteiger partial charge on any atom is -0.338 e. The Morgan fingerprint density at radius 1 is 1.21 bits per heavy atom. The fourth-order valence-corrected chi connectivity index (χ4v) is 1.95. The Morgan fingerprint density at radius 2 is 1.89 bits per heavy atom. The lowest BCUT2D eigenvalue weighted by Crippen LogP contribution is -2.31. The molecular formula is C16H22N2O. The van der Waals surface area contributed by atoms with Gasteiger partial charge in [0.2, 0.25) is 5.91 Å². The van der Waals surface area contributed by atoms with Gasteiger partial charge in [-0.05, 0) is 30.5 Å². The average Bonchev–Trinajstić information content (AvgIpc) is 2.45. The number of benzene rings is 1. The molecule has 0 aliphatic carbocycles. The first-order valence-corrected chi connectivity index (χ1v) is 6.98. The van der Waals surface area contributed by atoms with E-state index in [4.69, 9.17) is 5.26 Å². The lowest BCUT2D eigenvalue weighted by molar-refractivity contribution is -0.132. The van der Waals surface area contributed by atoms with Crippen molar-refractivity contribution in [2.24, 2.45) is 0 Å². The highest BCUT2D eigenvalue weighted by atomic mass is 16.2. The highest BCUT2D eigenvalue weighted by molar-refractivity contribution is 5.76. The number of carbonyl (C=O) groups excluding carboxylic acids is 1. The van der Waals surface area contributed by atoms with E-state index in [1.807, 2.05) is 17.0 Å². The summed E-state index contributed by atoms with van der Waals surface area (Å²) in [5.74, 6) is 0.230. The normalized spacial score (nSPS) is 9.95. The second-order valence-corrected chi connectivity index (χ2v) is 4.73. The minimum atomic E-state index is 0.230. The van der Waals surface area contributed by atoms with Gasteiger partial charge in [-0.2, -0.15) is 5.26 Å². The second-order valence-electron chi connectivity index (χ2n) is 4.73. The monoisotopic (exact) mass is 258 g/mol. The first-order chi connectivity index (χ1) is 9.21. The van der Waals surface area contributed by atoms with Crippen LogP contribution in [0.1, 0.15) is 50.7 Å². The third-order valence-electron chi connectivity index (χ3n) is 3.05. The quantitative estimate of drug-likeness (QED) is 0.751. The smallest absolute Gasteiger partial charge is 0.222 e. The molecule has 3 heteroatoms. The van der Waals surface area contributed by atoms with Gasteiger partial charge in [0, 0.05) is 19.5 Å². The topological polar surface area (TPSA) is 44.1 Å². The third kappa shape index (κ3) is 5.13. The Balaban J connectivity index is 2.66. The standard InChI is InChI=1S/C16H22N2O/c1-3-5-6-16(19)18(11-4-2)13-15-9-7-14(12-17)8-10-15/h7-10H,3-6,11,13H2,1-2H3. The molecule has 3 nitrogen and oxygen atoms in total. The fourth-order valence-electron chi connectivity index (χ4n) is 1.95. The zero-order chi connectivity index (χ0) is 14.1. The largest absolute Gasteiger partial charge is 0.338 e. The molecule has 0 saturated carbocycles. The van der Waals surface area contributed by atoms with E-state index in [9.17, 15) is 4.79 Å². The van der Waals surface area contributed by atoms with Crippen LogP contribution in [-0.4, -0.2) is 17.4 Å². The summed E-state index contributed by atoms with van der Waals surface area (Å²) in [6, 6.07) is 9.56. The first-order valence-electron chi connectivity index (χ1n) is 6.98. The second kappa shape index (κ2) is 8.31. The van der Waals surface area contributed by atoms with E-state index in [-0.39, 0.29) is 5.91 Å². The molecule has 102 valence electrons. The van der Waals surface area contributed by atoms with Gasteiger partial charge < -0.3 is 4.90 Å². The van der Waals surface area contributed by atoms with Crippen molar-refractivity contribution >= 4 is 5.91 Å². The number of amides is 1. The van der Waals surface area contributed by atoms with Gasteiger partial charge in [-0.1, -0.05) is 32.4 Å². The van der Waals surface area contributed by atoms with Gasteiger partial charge in [-0.3, -0.25) is 4.79 Å². The predicted molar refractivity (Wildman–Crippen MR) is 76.4 cm³/mol. The van der Waals surface area contributed by atoms with Gasteiger partial charge in [-0.15, -0.1) is 0 Å².